The van der Waals surface area contributed by atoms with Crippen molar-refractivity contribution in [1.29, 1.82) is 0 Å². The molecule has 1 aliphatic carbocycles. The van der Waals surface area contributed by atoms with E-state index in [1.165, 1.54) is 14.2 Å². The highest BCUT2D eigenvalue weighted by molar-refractivity contribution is 7.21. The molecule has 0 saturated carbocycles. The second-order valence-corrected chi connectivity index (χ2v) is 6.51. The lowest BCUT2D eigenvalue weighted by molar-refractivity contribution is 0.352. The van der Waals surface area contributed by atoms with E-state index >= 15 is 0 Å². The van der Waals surface area contributed by atoms with Crippen molar-refractivity contribution in [3.8, 4) is 22.1 Å². The summed E-state index contributed by atoms with van der Waals surface area (Å²) in [4.78, 5) is 20.0. The lowest BCUT2D eigenvalue weighted by Gasteiger charge is -2.17. The molecule has 120 valence electrons. The predicted molar refractivity (Wildman–Crippen MR) is 94.7 cm³/mol. The number of hydrogen-bond acceptors (Lipinski definition) is 6. The molecule has 2 aliphatic rings. The summed E-state index contributed by atoms with van der Waals surface area (Å²) in [7, 11) is 6.99. The minimum atomic E-state index is -0.155. The summed E-state index contributed by atoms with van der Waals surface area (Å²) in [5, 5.41) is 0. The number of anilines is 1. The molecule has 1 heterocycles. The molecule has 6 heteroatoms. The normalized spacial score (nSPS) is 11.0. The topological polar surface area (TPSA) is 51.7 Å². The minimum Gasteiger partial charge on any atom is -0.491 e. The molecule has 0 saturated heterocycles. The van der Waals surface area contributed by atoms with Crippen LogP contribution in [0.2, 0.25) is 0 Å². The Kier molecular flexibility index (Phi) is 3.85. The first-order chi connectivity index (χ1) is 11.0. The maximum absolute atomic E-state index is 12.5. The van der Waals surface area contributed by atoms with Crippen LogP contribution in [0.4, 0.5) is 5.69 Å². The molecule has 1 aliphatic heterocycles. The zero-order valence-corrected chi connectivity index (χ0v) is 14.6. The van der Waals surface area contributed by atoms with Crippen molar-refractivity contribution in [2.24, 2.45) is 0 Å². The van der Waals surface area contributed by atoms with E-state index in [0.29, 0.717) is 17.0 Å². The largest absolute Gasteiger partial charge is 0.491 e. The monoisotopic (exact) mass is 330 g/mol. The zero-order valence-electron chi connectivity index (χ0n) is 13.8. The molecule has 5 nitrogen and oxygen atoms in total. The number of rotatable bonds is 3. The molecular formula is C17H18N2O3S. The van der Waals surface area contributed by atoms with Crippen LogP contribution in [-0.4, -0.2) is 33.3 Å². The van der Waals surface area contributed by atoms with Crippen molar-refractivity contribution in [3.05, 3.63) is 34.0 Å². The molecule has 0 N–H and O–H groups in total. The molecule has 0 unspecified atom stereocenters. The summed E-state index contributed by atoms with van der Waals surface area (Å²) in [6.45, 7) is 1.80. The van der Waals surface area contributed by atoms with Gasteiger partial charge in [-0.3, -0.25) is 4.79 Å². The minimum absolute atomic E-state index is 0.155. The predicted octanol–water partition coefficient (Wildman–Crippen LogP) is 3.15. The third-order valence-electron chi connectivity index (χ3n) is 3.84. The van der Waals surface area contributed by atoms with Crippen LogP contribution in [0.1, 0.15) is 5.56 Å². The van der Waals surface area contributed by atoms with E-state index in [1.807, 2.05) is 31.1 Å². The summed E-state index contributed by atoms with van der Waals surface area (Å²) in [5.41, 5.74) is 3.10. The number of hydrogen-bond donors (Lipinski definition) is 0. The SMILES string of the molecule is COc1c2nc3ccc(N(C)C)cc3sc-2c(C)c(=O)c1OC. The van der Waals surface area contributed by atoms with E-state index in [4.69, 9.17) is 14.5 Å². The van der Waals surface area contributed by atoms with Gasteiger partial charge in [0.05, 0.1) is 29.3 Å². The van der Waals surface area contributed by atoms with Gasteiger partial charge in [-0.15, -0.1) is 11.3 Å². The summed E-state index contributed by atoms with van der Waals surface area (Å²) >= 11 is 1.55. The standard InChI is InChI=1S/C17H18N2O3S/c1-9-14(20)16(22-5)15(21-4)13-17(9)23-12-8-10(19(2)3)6-7-11(12)18-13/h6-8H,1-5H3. The molecule has 0 aromatic heterocycles. The Labute approximate surface area is 138 Å². The average Bonchev–Trinajstić information content (AvgIpc) is 2.55. The van der Waals surface area contributed by atoms with Gasteiger partial charge >= 0.3 is 0 Å². The fraction of sp³-hybridized carbons (Fsp3) is 0.294. The Morgan fingerprint density at radius 2 is 1.83 bits per heavy atom. The second kappa shape index (κ2) is 5.70. The summed E-state index contributed by atoms with van der Waals surface area (Å²) in [5.74, 6) is 0.606. The first kappa shape index (κ1) is 15.6. The summed E-state index contributed by atoms with van der Waals surface area (Å²) in [6, 6.07) is 6.08. The molecule has 0 radical (unpaired) electrons. The Morgan fingerprint density at radius 1 is 1.13 bits per heavy atom. The van der Waals surface area contributed by atoms with Crippen LogP contribution in [-0.2, 0) is 0 Å². The van der Waals surface area contributed by atoms with Crippen LogP contribution >= 0.6 is 11.3 Å². The number of aromatic nitrogens is 1. The maximum Gasteiger partial charge on any atom is 0.228 e. The van der Waals surface area contributed by atoms with Crippen molar-refractivity contribution in [2.45, 2.75) is 6.92 Å². The second-order valence-electron chi connectivity index (χ2n) is 5.46. The molecule has 0 amide bonds. The average molecular weight is 330 g/mol. The highest BCUT2D eigenvalue weighted by Crippen LogP contribution is 2.42. The molecule has 0 fully saturated rings. The van der Waals surface area contributed by atoms with Crippen molar-refractivity contribution < 1.29 is 9.47 Å². The Balaban J connectivity index is 2.43. The molecule has 0 spiro atoms. The molecule has 1 aromatic rings. The van der Waals surface area contributed by atoms with Gasteiger partial charge < -0.3 is 14.4 Å². The third-order valence-corrected chi connectivity index (χ3v) is 5.09. The lowest BCUT2D eigenvalue weighted by Crippen LogP contribution is -2.13. The van der Waals surface area contributed by atoms with Gasteiger partial charge in [0.1, 0.15) is 5.69 Å². The first-order valence-corrected chi connectivity index (χ1v) is 7.96. The fourth-order valence-corrected chi connectivity index (χ4v) is 3.65. The van der Waals surface area contributed by atoms with Crippen molar-refractivity contribution >= 4 is 27.2 Å². The van der Waals surface area contributed by atoms with Crippen LogP contribution in [0.3, 0.4) is 0 Å². The van der Waals surface area contributed by atoms with Crippen LogP contribution in [0.25, 0.3) is 20.8 Å². The third kappa shape index (κ3) is 2.39. The lowest BCUT2D eigenvalue weighted by atomic mass is 10.1. The number of fused-ring (bicyclic) bond motifs is 2. The van der Waals surface area contributed by atoms with Gasteiger partial charge in [0.2, 0.25) is 11.2 Å². The molecule has 1 aromatic carbocycles. The van der Waals surface area contributed by atoms with E-state index < -0.39 is 0 Å². The number of ether oxygens (including phenoxy) is 2. The van der Waals surface area contributed by atoms with Gasteiger partial charge in [-0.05, 0) is 25.1 Å². The van der Waals surface area contributed by atoms with Gasteiger partial charge in [-0.25, -0.2) is 4.98 Å². The maximum atomic E-state index is 12.5. The van der Waals surface area contributed by atoms with Crippen LogP contribution in [0.15, 0.2) is 23.0 Å². The fourth-order valence-electron chi connectivity index (χ4n) is 2.55. The first-order valence-electron chi connectivity index (χ1n) is 7.14. The van der Waals surface area contributed by atoms with E-state index in [9.17, 15) is 4.79 Å². The van der Waals surface area contributed by atoms with Gasteiger partial charge in [0.25, 0.3) is 0 Å². The Morgan fingerprint density at radius 3 is 2.43 bits per heavy atom. The van der Waals surface area contributed by atoms with Gasteiger partial charge in [0.15, 0.2) is 5.75 Å². The van der Waals surface area contributed by atoms with Crippen LogP contribution in [0.5, 0.6) is 11.5 Å². The number of nitrogens with zero attached hydrogens (tertiary/aromatic N) is 2. The quantitative estimate of drug-likeness (QED) is 0.691. The molecule has 3 rings (SSSR count). The van der Waals surface area contributed by atoms with Gasteiger partial charge in [-0.2, -0.15) is 0 Å². The van der Waals surface area contributed by atoms with Crippen molar-refractivity contribution in [1.82, 2.24) is 4.98 Å². The van der Waals surface area contributed by atoms with E-state index in [2.05, 4.69) is 6.07 Å². The molecular weight excluding hydrogens is 312 g/mol. The van der Waals surface area contributed by atoms with Crippen molar-refractivity contribution in [2.75, 3.05) is 33.2 Å². The summed E-state index contributed by atoms with van der Waals surface area (Å²) in [6.07, 6.45) is 0. The van der Waals surface area contributed by atoms with E-state index in [0.717, 1.165) is 20.8 Å². The Hall–Kier alpha value is -2.34. The van der Waals surface area contributed by atoms with E-state index in [-0.39, 0.29) is 11.2 Å². The zero-order chi connectivity index (χ0) is 16.7. The van der Waals surface area contributed by atoms with E-state index in [1.54, 1.807) is 18.3 Å². The molecule has 0 bridgehead atoms. The van der Waals surface area contributed by atoms with Gasteiger partial charge in [0, 0.05) is 25.3 Å². The number of benzene rings is 2. The smallest absolute Gasteiger partial charge is 0.228 e. The van der Waals surface area contributed by atoms with Crippen LogP contribution in [0, 0.1) is 6.92 Å². The van der Waals surface area contributed by atoms with Crippen LogP contribution < -0.4 is 19.8 Å². The Bertz CT molecular complexity index is 918. The summed E-state index contributed by atoms with van der Waals surface area (Å²) < 4.78 is 11.7. The highest BCUT2D eigenvalue weighted by atomic mass is 32.1. The number of methoxy groups -OCH3 is 2. The molecule has 0 atom stereocenters. The van der Waals surface area contributed by atoms with Gasteiger partial charge in [-0.1, -0.05) is 0 Å². The highest BCUT2D eigenvalue weighted by Gasteiger charge is 2.24. The van der Waals surface area contributed by atoms with Crippen molar-refractivity contribution in [3.63, 3.8) is 0 Å². The molecule has 23 heavy (non-hydrogen) atoms.